The summed E-state index contributed by atoms with van der Waals surface area (Å²) in [6, 6.07) is 5.22. The third-order valence-electron chi connectivity index (χ3n) is 4.97. The molecule has 0 spiro atoms. The van der Waals surface area contributed by atoms with Gasteiger partial charge in [-0.15, -0.1) is 0 Å². The van der Waals surface area contributed by atoms with Gasteiger partial charge < -0.3 is 19.1 Å². The number of rotatable bonds is 8. The number of hydrogen-bond donors (Lipinski definition) is 1. The number of hydrogen-bond acceptors (Lipinski definition) is 5. The normalized spacial score (nSPS) is 15.3. The van der Waals surface area contributed by atoms with E-state index >= 15 is 0 Å². The van der Waals surface area contributed by atoms with Crippen LogP contribution in [-0.2, 0) is 16.7 Å². The zero-order valence-corrected chi connectivity index (χ0v) is 18.0. The van der Waals surface area contributed by atoms with Crippen molar-refractivity contribution >= 4 is 16.1 Å². The molecule has 0 radical (unpaired) electrons. The molecule has 0 unspecified atom stereocenters. The van der Waals surface area contributed by atoms with Gasteiger partial charge >= 0.3 is 16.1 Å². The third kappa shape index (κ3) is 6.29. The summed E-state index contributed by atoms with van der Waals surface area (Å²) in [7, 11) is -2.22. The quantitative estimate of drug-likeness (QED) is 0.659. The fourth-order valence-corrected chi connectivity index (χ4v) is 3.79. The predicted octanol–water partition coefficient (Wildman–Crippen LogP) is 3.68. The van der Waals surface area contributed by atoms with Gasteiger partial charge in [0, 0.05) is 18.6 Å². The van der Waals surface area contributed by atoms with Crippen molar-refractivity contribution in [2.24, 2.45) is 0 Å². The lowest BCUT2D eigenvalue weighted by Gasteiger charge is -2.31. The number of methoxy groups -OCH3 is 1. The van der Waals surface area contributed by atoms with Crippen LogP contribution in [-0.4, -0.2) is 44.3 Å². The molecule has 0 atom stereocenters. The number of benzene rings is 1. The van der Waals surface area contributed by atoms with E-state index in [0.717, 1.165) is 31.2 Å². The van der Waals surface area contributed by atoms with E-state index in [0.29, 0.717) is 12.3 Å². The van der Waals surface area contributed by atoms with Crippen LogP contribution in [0.15, 0.2) is 18.2 Å². The standard InChI is InChI=1S/C20H32N2O5S/c1-5-28(24,25)27-19-13-16(11-12-18(19)26-4)14-22(15(2)3)20(23)21-17-9-7-6-8-10-17/h11-13,15,17H,5-10,14H2,1-4H3,(H,21,23). The molecule has 1 aromatic carbocycles. The lowest BCUT2D eigenvalue weighted by Crippen LogP contribution is -2.47. The Hall–Kier alpha value is -1.96. The summed E-state index contributed by atoms with van der Waals surface area (Å²) in [5, 5.41) is 3.14. The second-order valence-corrected chi connectivity index (χ2v) is 9.28. The van der Waals surface area contributed by atoms with Crippen LogP contribution in [0, 0.1) is 0 Å². The highest BCUT2D eigenvalue weighted by atomic mass is 32.2. The van der Waals surface area contributed by atoms with Gasteiger partial charge in [0.15, 0.2) is 11.5 Å². The number of amides is 2. The van der Waals surface area contributed by atoms with Crippen molar-refractivity contribution in [3.05, 3.63) is 23.8 Å². The highest BCUT2D eigenvalue weighted by molar-refractivity contribution is 7.87. The molecule has 8 heteroatoms. The fourth-order valence-electron chi connectivity index (χ4n) is 3.27. The second-order valence-electron chi connectivity index (χ2n) is 7.42. The highest BCUT2D eigenvalue weighted by Gasteiger charge is 2.23. The van der Waals surface area contributed by atoms with Crippen molar-refractivity contribution in [3.63, 3.8) is 0 Å². The van der Waals surface area contributed by atoms with E-state index in [-0.39, 0.29) is 29.6 Å². The Morgan fingerprint density at radius 2 is 1.89 bits per heavy atom. The van der Waals surface area contributed by atoms with E-state index in [1.54, 1.807) is 17.0 Å². The van der Waals surface area contributed by atoms with Crippen LogP contribution in [0.5, 0.6) is 11.5 Å². The molecule has 2 rings (SSSR count). The summed E-state index contributed by atoms with van der Waals surface area (Å²) >= 11 is 0. The second kappa shape index (κ2) is 10.0. The molecule has 0 aromatic heterocycles. The largest absolute Gasteiger partial charge is 0.493 e. The van der Waals surface area contributed by atoms with E-state index in [1.807, 2.05) is 19.9 Å². The maximum atomic E-state index is 12.8. The summed E-state index contributed by atoms with van der Waals surface area (Å²) in [6.07, 6.45) is 5.57. The highest BCUT2D eigenvalue weighted by Crippen LogP contribution is 2.30. The minimum absolute atomic E-state index is 0.00515. The lowest BCUT2D eigenvalue weighted by atomic mass is 9.96. The Balaban J connectivity index is 2.16. The molecule has 1 aliphatic rings. The molecule has 1 fully saturated rings. The number of ether oxygens (including phenoxy) is 1. The van der Waals surface area contributed by atoms with Gasteiger partial charge in [0.1, 0.15) is 0 Å². The van der Waals surface area contributed by atoms with Crippen LogP contribution in [0.3, 0.4) is 0 Å². The molecular formula is C20H32N2O5S. The molecule has 0 bridgehead atoms. The first-order valence-electron chi connectivity index (χ1n) is 9.92. The molecule has 7 nitrogen and oxygen atoms in total. The van der Waals surface area contributed by atoms with E-state index in [4.69, 9.17) is 8.92 Å². The summed E-state index contributed by atoms with van der Waals surface area (Å²) in [4.78, 5) is 14.5. The molecule has 1 N–H and O–H groups in total. The minimum Gasteiger partial charge on any atom is -0.493 e. The minimum atomic E-state index is -3.68. The van der Waals surface area contributed by atoms with E-state index in [1.165, 1.54) is 20.5 Å². The van der Waals surface area contributed by atoms with Gasteiger partial charge in [-0.25, -0.2) is 4.79 Å². The van der Waals surface area contributed by atoms with Gasteiger partial charge in [0.2, 0.25) is 0 Å². The van der Waals surface area contributed by atoms with Gasteiger partial charge in [0.05, 0.1) is 12.9 Å². The Morgan fingerprint density at radius 3 is 2.46 bits per heavy atom. The molecule has 0 aliphatic heterocycles. The van der Waals surface area contributed by atoms with Crippen LogP contribution < -0.4 is 14.2 Å². The lowest BCUT2D eigenvalue weighted by molar-refractivity contribution is 0.172. The molecule has 1 saturated carbocycles. The van der Waals surface area contributed by atoms with Crippen LogP contribution >= 0.6 is 0 Å². The van der Waals surface area contributed by atoms with E-state index in [2.05, 4.69) is 5.32 Å². The monoisotopic (exact) mass is 412 g/mol. The number of nitrogens with one attached hydrogen (secondary N) is 1. The number of nitrogens with zero attached hydrogens (tertiary/aromatic N) is 1. The van der Waals surface area contributed by atoms with Gasteiger partial charge in [-0.2, -0.15) is 8.42 Å². The van der Waals surface area contributed by atoms with Crippen molar-refractivity contribution in [2.75, 3.05) is 12.9 Å². The van der Waals surface area contributed by atoms with Gasteiger partial charge in [0.25, 0.3) is 0 Å². The molecule has 2 amide bonds. The molecule has 0 saturated heterocycles. The average molecular weight is 413 g/mol. The van der Waals surface area contributed by atoms with Crippen molar-refractivity contribution < 1.29 is 22.1 Å². The molecule has 0 heterocycles. The maximum absolute atomic E-state index is 12.8. The van der Waals surface area contributed by atoms with E-state index < -0.39 is 10.1 Å². The number of carbonyl (C=O) groups is 1. The zero-order valence-electron chi connectivity index (χ0n) is 17.2. The molecule has 158 valence electrons. The van der Waals surface area contributed by atoms with Gasteiger partial charge in [-0.1, -0.05) is 25.3 Å². The fraction of sp³-hybridized carbons (Fsp3) is 0.650. The first-order chi connectivity index (χ1) is 13.3. The van der Waals surface area contributed by atoms with Gasteiger partial charge in [-0.3, -0.25) is 0 Å². The number of urea groups is 1. The third-order valence-corrected chi connectivity index (χ3v) is 6.11. The van der Waals surface area contributed by atoms with Crippen LogP contribution in [0.1, 0.15) is 58.4 Å². The van der Waals surface area contributed by atoms with Crippen LogP contribution in [0.25, 0.3) is 0 Å². The Morgan fingerprint density at radius 1 is 1.21 bits per heavy atom. The average Bonchev–Trinajstić information content (AvgIpc) is 2.66. The maximum Gasteiger partial charge on any atom is 0.318 e. The Labute approximate surface area is 168 Å². The smallest absolute Gasteiger partial charge is 0.318 e. The van der Waals surface area contributed by atoms with E-state index in [9.17, 15) is 13.2 Å². The zero-order chi connectivity index (χ0) is 20.7. The first-order valence-corrected chi connectivity index (χ1v) is 11.5. The van der Waals surface area contributed by atoms with Crippen molar-refractivity contribution in [1.29, 1.82) is 0 Å². The number of carbonyl (C=O) groups excluding carboxylic acids is 1. The molecule has 28 heavy (non-hydrogen) atoms. The van der Waals surface area contributed by atoms with Gasteiger partial charge in [-0.05, 0) is 51.3 Å². The van der Waals surface area contributed by atoms with Crippen molar-refractivity contribution in [2.45, 2.75) is 71.5 Å². The van der Waals surface area contributed by atoms with Crippen LogP contribution in [0.2, 0.25) is 0 Å². The Bertz CT molecular complexity index is 758. The topological polar surface area (TPSA) is 84.9 Å². The summed E-state index contributed by atoms with van der Waals surface area (Å²) in [5.74, 6) is 0.337. The first kappa shape index (κ1) is 22.3. The van der Waals surface area contributed by atoms with Crippen molar-refractivity contribution in [1.82, 2.24) is 10.2 Å². The van der Waals surface area contributed by atoms with Crippen molar-refractivity contribution in [3.8, 4) is 11.5 Å². The molecular weight excluding hydrogens is 380 g/mol. The molecule has 1 aromatic rings. The SMILES string of the molecule is CCS(=O)(=O)Oc1cc(CN(C(=O)NC2CCCCC2)C(C)C)ccc1OC. The summed E-state index contributed by atoms with van der Waals surface area (Å²) < 4.78 is 34.1. The predicted molar refractivity (Wildman–Crippen MR) is 109 cm³/mol. The summed E-state index contributed by atoms with van der Waals surface area (Å²) in [5.41, 5.74) is 0.773. The summed E-state index contributed by atoms with van der Waals surface area (Å²) in [6.45, 7) is 5.79. The Kier molecular flexibility index (Phi) is 7.98. The van der Waals surface area contributed by atoms with Crippen LogP contribution in [0.4, 0.5) is 4.79 Å². The molecule has 1 aliphatic carbocycles.